The summed E-state index contributed by atoms with van der Waals surface area (Å²) in [4.78, 5) is 0. The summed E-state index contributed by atoms with van der Waals surface area (Å²) in [6.45, 7) is 7.08. The van der Waals surface area contributed by atoms with Crippen molar-refractivity contribution in [3.8, 4) is 0 Å². The second-order valence-electron chi connectivity index (χ2n) is 4.07. The number of rotatable bonds is 12. The normalized spacial score (nSPS) is 10.0. The van der Waals surface area contributed by atoms with Crippen LogP contribution in [0.25, 0.3) is 0 Å². The SMILES string of the molecule is NCCCCNCCCN.NCCCNCCN. The largest absolute Gasteiger partial charge is 0.330 e. The summed E-state index contributed by atoms with van der Waals surface area (Å²) in [7, 11) is 0. The van der Waals surface area contributed by atoms with E-state index in [9.17, 15) is 0 Å². The molecule has 6 heteroatoms. The highest BCUT2D eigenvalue weighted by Crippen LogP contribution is 1.81. The molecule has 0 aliphatic carbocycles. The molecule has 112 valence electrons. The first-order chi connectivity index (χ1) is 8.83. The minimum Gasteiger partial charge on any atom is -0.330 e. The van der Waals surface area contributed by atoms with Crippen molar-refractivity contribution in [3.63, 3.8) is 0 Å². The molecule has 0 radical (unpaired) electrons. The van der Waals surface area contributed by atoms with E-state index in [0.717, 1.165) is 65.1 Å². The fraction of sp³-hybridized carbons (Fsp3) is 1.00. The molecule has 10 N–H and O–H groups in total. The van der Waals surface area contributed by atoms with Crippen molar-refractivity contribution in [1.29, 1.82) is 0 Å². The van der Waals surface area contributed by atoms with Gasteiger partial charge in [-0.05, 0) is 65.0 Å². The molecule has 0 spiro atoms. The van der Waals surface area contributed by atoms with Crippen LogP contribution >= 0.6 is 0 Å². The zero-order valence-corrected chi connectivity index (χ0v) is 11.8. The number of hydrogen-bond acceptors (Lipinski definition) is 6. The summed E-state index contributed by atoms with van der Waals surface area (Å²) in [5.41, 5.74) is 21.1. The lowest BCUT2D eigenvalue weighted by atomic mass is 10.3. The minimum atomic E-state index is 0.713. The van der Waals surface area contributed by atoms with Gasteiger partial charge in [-0.3, -0.25) is 0 Å². The van der Waals surface area contributed by atoms with Crippen LogP contribution in [0.5, 0.6) is 0 Å². The Morgan fingerprint density at radius 3 is 1.33 bits per heavy atom. The molecule has 0 aliphatic rings. The van der Waals surface area contributed by atoms with E-state index in [0.29, 0.717) is 6.54 Å². The number of unbranched alkanes of at least 4 members (excludes halogenated alkanes) is 1. The van der Waals surface area contributed by atoms with Crippen LogP contribution in [0.1, 0.15) is 25.7 Å². The molecule has 0 unspecified atom stereocenters. The smallest absolute Gasteiger partial charge is 0.00745 e. The van der Waals surface area contributed by atoms with Crippen molar-refractivity contribution < 1.29 is 0 Å². The molecule has 0 aromatic heterocycles. The fourth-order valence-electron chi connectivity index (χ4n) is 1.20. The Hall–Kier alpha value is -0.240. The summed E-state index contributed by atoms with van der Waals surface area (Å²) in [6, 6.07) is 0. The van der Waals surface area contributed by atoms with Gasteiger partial charge >= 0.3 is 0 Å². The average molecular weight is 262 g/mol. The first kappa shape index (κ1) is 20.1. The van der Waals surface area contributed by atoms with Gasteiger partial charge in [-0.2, -0.15) is 0 Å². The summed E-state index contributed by atoms with van der Waals surface area (Å²) in [5.74, 6) is 0. The molecule has 0 fully saturated rings. The van der Waals surface area contributed by atoms with Gasteiger partial charge in [0.25, 0.3) is 0 Å². The third-order valence-electron chi connectivity index (χ3n) is 2.24. The van der Waals surface area contributed by atoms with Crippen molar-refractivity contribution in [2.24, 2.45) is 22.9 Å². The van der Waals surface area contributed by atoms with E-state index < -0.39 is 0 Å². The molecule has 0 aromatic rings. The maximum absolute atomic E-state index is 5.32. The summed E-state index contributed by atoms with van der Waals surface area (Å²) in [6.07, 6.45) is 4.42. The maximum Gasteiger partial charge on any atom is 0.00745 e. The first-order valence-corrected chi connectivity index (χ1v) is 7.05. The van der Waals surface area contributed by atoms with Crippen LogP contribution in [0.4, 0.5) is 0 Å². The Morgan fingerprint density at radius 2 is 0.889 bits per heavy atom. The fourth-order valence-corrected chi connectivity index (χ4v) is 1.20. The second kappa shape index (κ2) is 22.0. The summed E-state index contributed by atoms with van der Waals surface area (Å²) in [5, 5.41) is 6.42. The van der Waals surface area contributed by atoms with Crippen molar-refractivity contribution >= 4 is 0 Å². The molecular weight excluding hydrogens is 228 g/mol. The number of nitrogens with two attached hydrogens (primary N) is 4. The van der Waals surface area contributed by atoms with Gasteiger partial charge in [0.2, 0.25) is 0 Å². The van der Waals surface area contributed by atoms with Gasteiger partial charge < -0.3 is 33.6 Å². The predicted octanol–water partition coefficient (Wildman–Crippen LogP) is -1.45. The lowest BCUT2D eigenvalue weighted by Crippen LogP contribution is -2.24. The molecule has 18 heavy (non-hydrogen) atoms. The van der Waals surface area contributed by atoms with Crippen LogP contribution in [-0.4, -0.2) is 52.4 Å². The van der Waals surface area contributed by atoms with Gasteiger partial charge in [0.1, 0.15) is 0 Å². The highest BCUT2D eigenvalue weighted by atomic mass is 14.9. The van der Waals surface area contributed by atoms with Gasteiger partial charge in [-0.15, -0.1) is 0 Å². The Labute approximate surface area is 112 Å². The zero-order chi connectivity index (χ0) is 13.9. The van der Waals surface area contributed by atoms with Crippen LogP contribution < -0.4 is 33.6 Å². The molecular formula is C12H34N6. The van der Waals surface area contributed by atoms with E-state index in [4.69, 9.17) is 22.9 Å². The maximum atomic E-state index is 5.32. The van der Waals surface area contributed by atoms with Crippen molar-refractivity contribution in [2.75, 3.05) is 52.4 Å². The van der Waals surface area contributed by atoms with E-state index >= 15 is 0 Å². The molecule has 0 amide bonds. The van der Waals surface area contributed by atoms with E-state index in [1.165, 1.54) is 6.42 Å². The van der Waals surface area contributed by atoms with E-state index in [1.807, 2.05) is 0 Å². The molecule has 0 aliphatic heterocycles. The van der Waals surface area contributed by atoms with Gasteiger partial charge in [0.05, 0.1) is 0 Å². The molecule has 0 saturated heterocycles. The van der Waals surface area contributed by atoms with Gasteiger partial charge in [-0.1, -0.05) is 0 Å². The Kier molecular flexibility index (Phi) is 24.5. The zero-order valence-electron chi connectivity index (χ0n) is 11.8. The highest BCUT2D eigenvalue weighted by molar-refractivity contribution is 4.49. The number of nitrogens with one attached hydrogen (secondary N) is 2. The van der Waals surface area contributed by atoms with Crippen LogP contribution in [0.15, 0.2) is 0 Å². The van der Waals surface area contributed by atoms with Crippen LogP contribution in [0.2, 0.25) is 0 Å². The third-order valence-corrected chi connectivity index (χ3v) is 2.24. The van der Waals surface area contributed by atoms with Crippen LogP contribution in [0, 0.1) is 0 Å². The Morgan fingerprint density at radius 1 is 0.444 bits per heavy atom. The van der Waals surface area contributed by atoms with E-state index in [1.54, 1.807) is 0 Å². The van der Waals surface area contributed by atoms with Crippen molar-refractivity contribution in [3.05, 3.63) is 0 Å². The van der Waals surface area contributed by atoms with Crippen LogP contribution in [-0.2, 0) is 0 Å². The van der Waals surface area contributed by atoms with E-state index in [2.05, 4.69) is 10.6 Å². The average Bonchev–Trinajstić information content (AvgIpc) is 2.40. The lowest BCUT2D eigenvalue weighted by Gasteiger charge is -2.01. The second-order valence-corrected chi connectivity index (χ2v) is 4.07. The summed E-state index contributed by atoms with van der Waals surface area (Å²) >= 11 is 0. The van der Waals surface area contributed by atoms with Crippen LogP contribution in [0.3, 0.4) is 0 Å². The van der Waals surface area contributed by atoms with Gasteiger partial charge in [0, 0.05) is 13.1 Å². The minimum absolute atomic E-state index is 0.713. The van der Waals surface area contributed by atoms with E-state index in [-0.39, 0.29) is 0 Å². The van der Waals surface area contributed by atoms with Crippen molar-refractivity contribution in [1.82, 2.24) is 10.6 Å². The molecule has 0 atom stereocenters. The van der Waals surface area contributed by atoms with Gasteiger partial charge in [-0.25, -0.2) is 0 Å². The lowest BCUT2D eigenvalue weighted by molar-refractivity contribution is 0.611. The Bertz CT molecular complexity index is 109. The monoisotopic (exact) mass is 262 g/mol. The number of hydrogen-bond donors (Lipinski definition) is 6. The summed E-state index contributed by atoms with van der Waals surface area (Å²) < 4.78 is 0. The predicted molar refractivity (Wildman–Crippen MR) is 80.4 cm³/mol. The molecule has 0 bridgehead atoms. The standard InChI is InChI=1S/C7H19N3.C5H15N3/c8-4-1-2-6-10-7-3-5-9;6-2-1-4-8-5-3-7/h10H,1-9H2;8H,1-7H2. The topological polar surface area (TPSA) is 128 Å². The molecule has 0 rings (SSSR count). The third kappa shape index (κ3) is 24.8. The molecule has 6 nitrogen and oxygen atoms in total. The quantitative estimate of drug-likeness (QED) is 0.239. The first-order valence-electron chi connectivity index (χ1n) is 7.05. The highest BCUT2D eigenvalue weighted by Gasteiger charge is 1.85. The Balaban J connectivity index is 0. The van der Waals surface area contributed by atoms with Gasteiger partial charge in [0.15, 0.2) is 0 Å². The molecule has 0 aromatic carbocycles. The molecule has 0 heterocycles. The van der Waals surface area contributed by atoms with Crippen molar-refractivity contribution in [2.45, 2.75) is 25.7 Å². The molecule has 0 saturated carbocycles.